The summed E-state index contributed by atoms with van der Waals surface area (Å²) in [7, 11) is 0. The van der Waals surface area contributed by atoms with Gasteiger partial charge < -0.3 is 0 Å². The van der Waals surface area contributed by atoms with E-state index in [2.05, 4.69) is 194 Å². The number of hydrogen-bond donors (Lipinski definition) is 0. The zero-order valence-corrected chi connectivity index (χ0v) is 34.3. The zero-order chi connectivity index (χ0) is 40.8. The first-order chi connectivity index (χ1) is 30.7. The van der Waals surface area contributed by atoms with Crippen LogP contribution in [0.1, 0.15) is 22.3 Å². The highest BCUT2D eigenvalue weighted by Crippen LogP contribution is 2.63. The smallest absolute Gasteiger partial charge is 0.164 e. The van der Waals surface area contributed by atoms with Crippen molar-refractivity contribution in [2.75, 3.05) is 0 Å². The van der Waals surface area contributed by atoms with Crippen molar-refractivity contribution in [3.05, 3.63) is 235 Å². The lowest BCUT2D eigenvalue weighted by Crippen LogP contribution is -2.25. The molecule has 0 saturated carbocycles. The van der Waals surface area contributed by atoms with Crippen LogP contribution >= 0.6 is 11.3 Å². The van der Waals surface area contributed by atoms with Crippen LogP contribution in [0.15, 0.2) is 212 Å². The highest BCUT2D eigenvalue weighted by molar-refractivity contribution is 7.25. The Bertz CT molecular complexity index is 3540. The van der Waals surface area contributed by atoms with Crippen LogP contribution < -0.4 is 0 Å². The third kappa shape index (κ3) is 5.14. The first kappa shape index (κ1) is 35.0. The van der Waals surface area contributed by atoms with Crippen molar-refractivity contribution in [3.8, 4) is 78.7 Å². The summed E-state index contributed by atoms with van der Waals surface area (Å²) in [6.45, 7) is 0. The Hall–Kier alpha value is -7.79. The van der Waals surface area contributed by atoms with Crippen molar-refractivity contribution >= 4 is 31.5 Å². The number of thiophene rings is 1. The number of hydrogen-bond acceptors (Lipinski definition) is 4. The molecule has 0 fully saturated rings. The predicted octanol–water partition coefficient (Wildman–Crippen LogP) is 14.9. The molecule has 2 aliphatic rings. The summed E-state index contributed by atoms with van der Waals surface area (Å²) in [4.78, 5) is 15.3. The lowest BCUT2D eigenvalue weighted by molar-refractivity contribution is 0.794. The van der Waals surface area contributed by atoms with Crippen molar-refractivity contribution in [1.29, 1.82) is 0 Å². The van der Waals surface area contributed by atoms with E-state index in [9.17, 15) is 0 Å². The van der Waals surface area contributed by atoms with Crippen LogP contribution in [0.4, 0.5) is 0 Å². The standard InChI is InChI=1S/C58H35N3S/c1-2-14-38(15-3-1)55-59-56(61-57(60-55)41-32-33-53-47(35-41)45-20-7-11-27-52(45)62-53)40-17-12-16-39(34-40)36-28-30-37(31-29-36)42-22-13-26-51-54(42)46-21-6-10-25-50(46)58(51)48-23-8-4-18-43(48)44-19-5-9-24-49(44)58/h1-35H. The monoisotopic (exact) mass is 805 g/mol. The molecule has 4 heteroatoms. The molecule has 0 atom stereocenters. The van der Waals surface area contributed by atoms with Gasteiger partial charge in [0.05, 0.1) is 5.41 Å². The molecule has 288 valence electrons. The van der Waals surface area contributed by atoms with Crippen molar-refractivity contribution < 1.29 is 0 Å². The van der Waals surface area contributed by atoms with Crippen LogP contribution in [0.5, 0.6) is 0 Å². The zero-order valence-electron chi connectivity index (χ0n) is 33.5. The summed E-state index contributed by atoms with van der Waals surface area (Å²) in [6, 6.07) is 76.9. The highest BCUT2D eigenvalue weighted by atomic mass is 32.1. The van der Waals surface area contributed by atoms with Crippen molar-refractivity contribution in [2.45, 2.75) is 5.41 Å². The second-order valence-corrected chi connectivity index (χ2v) is 17.3. The van der Waals surface area contributed by atoms with Gasteiger partial charge in [-0.05, 0) is 97.1 Å². The molecule has 1 spiro atoms. The summed E-state index contributed by atoms with van der Waals surface area (Å²) in [5.41, 5.74) is 17.8. The molecule has 9 aromatic carbocycles. The van der Waals surface area contributed by atoms with Gasteiger partial charge in [-0.2, -0.15) is 0 Å². The van der Waals surface area contributed by atoms with E-state index in [1.165, 1.54) is 75.8 Å². The Morgan fingerprint density at radius 2 is 0.774 bits per heavy atom. The molecule has 2 aliphatic carbocycles. The maximum Gasteiger partial charge on any atom is 0.164 e. The summed E-state index contributed by atoms with van der Waals surface area (Å²) < 4.78 is 2.53. The van der Waals surface area contributed by atoms with Gasteiger partial charge in [0.2, 0.25) is 0 Å². The van der Waals surface area contributed by atoms with E-state index in [4.69, 9.17) is 15.0 Å². The molecule has 0 saturated heterocycles. The number of fused-ring (bicyclic) bond motifs is 13. The average Bonchev–Trinajstić information content (AvgIpc) is 3.98. The van der Waals surface area contributed by atoms with Gasteiger partial charge in [0.25, 0.3) is 0 Å². The molecule has 11 aromatic rings. The van der Waals surface area contributed by atoms with Gasteiger partial charge in [0.1, 0.15) is 0 Å². The normalized spacial score (nSPS) is 13.0. The first-order valence-corrected chi connectivity index (χ1v) is 21.9. The molecule has 13 rings (SSSR count). The number of benzene rings is 9. The van der Waals surface area contributed by atoms with Gasteiger partial charge in [0.15, 0.2) is 17.5 Å². The van der Waals surface area contributed by atoms with Crippen LogP contribution in [-0.2, 0) is 5.41 Å². The molecule has 0 aliphatic heterocycles. The molecule has 0 bridgehead atoms. The van der Waals surface area contributed by atoms with Gasteiger partial charge >= 0.3 is 0 Å². The van der Waals surface area contributed by atoms with E-state index in [-0.39, 0.29) is 5.41 Å². The highest BCUT2D eigenvalue weighted by Gasteiger charge is 2.51. The van der Waals surface area contributed by atoms with Crippen molar-refractivity contribution in [1.82, 2.24) is 15.0 Å². The molecule has 2 aromatic heterocycles. The molecular weight excluding hydrogens is 771 g/mol. The summed E-state index contributed by atoms with van der Waals surface area (Å²) >= 11 is 1.81. The molecule has 0 radical (unpaired) electrons. The fourth-order valence-corrected chi connectivity index (χ4v) is 11.4. The fraction of sp³-hybridized carbons (Fsp3) is 0.0172. The van der Waals surface area contributed by atoms with E-state index in [0.717, 1.165) is 27.8 Å². The van der Waals surface area contributed by atoms with Crippen LogP contribution in [0.2, 0.25) is 0 Å². The van der Waals surface area contributed by atoms with Crippen LogP contribution in [0, 0.1) is 0 Å². The van der Waals surface area contributed by atoms with Gasteiger partial charge in [-0.25, -0.2) is 15.0 Å². The van der Waals surface area contributed by atoms with Gasteiger partial charge in [-0.1, -0.05) is 182 Å². The quantitative estimate of drug-likeness (QED) is 0.174. The van der Waals surface area contributed by atoms with E-state index >= 15 is 0 Å². The van der Waals surface area contributed by atoms with Crippen molar-refractivity contribution in [3.63, 3.8) is 0 Å². The number of nitrogens with zero attached hydrogens (tertiary/aromatic N) is 3. The minimum Gasteiger partial charge on any atom is -0.208 e. The average molecular weight is 806 g/mol. The maximum absolute atomic E-state index is 5.15. The summed E-state index contributed by atoms with van der Waals surface area (Å²) in [6.07, 6.45) is 0. The molecule has 0 amide bonds. The lowest BCUT2D eigenvalue weighted by Gasteiger charge is -2.30. The van der Waals surface area contributed by atoms with Crippen LogP contribution in [-0.4, -0.2) is 15.0 Å². The Labute approximate surface area is 363 Å². The van der Waals surface area contributed by atoms with E-state index in [1.54, 1.807) is 0 Å². The Morgan fingerprint density at radius 1 is 0.290 bits per heavy atom. The number of rotatable bonds is 5. The Kier molecular flexibility index (Phi) is 7.69. The van der Waals surface area contributed by atoms with Gasteiger partial charge in [-0.3, -0.25) is 0 Å². The van der Waals surface area contributed by atoms with E-state index < -0.39 is 0 Å². The van der Waals surface area contributed by atoms with E-state index in [0.29, 0.717) is 17.5 Å². The minimum absolute atomic E-state index is 0.365. The molecular formula is C58H35N3S. The van der Waals surface area contributed by atoms with Gasteiger partial charge in [-0.15, -0.1) is 11.3 Å². The summed E-state index contributed by atoms with van der Waals surface area (Å²) in [5.74, 6) is 1.95. The Morgan fingerprint density at radius 3 is 1.52 bits per heavy atom. The van der Waals surface area contributed by atoms with Gasteiger partial charge in [0, 0.05) is 36.9 Å². The topological polar surface area (TPSA) is 38.7 Å². The second-order valence-electron chi connectivity index (χ2n) is 16.3. The SMILES string of the molecule is c1ccc(-c2nc(-c3cccc(-c4ccc(-c5cccc6c5-c5ccccc5C65c6ccccc6-c6ccccc65)cc4)c3)nc(-c3ccc4sc5ccccc5c4c3)n2)cc1. The molecule has 2 heterocycles. The number of aromatic nitrogens is 3. The molecule has 3 nitrogen and oxygen atoms in total. The molecule has 62 heavy (non-hydrogen) atoms. The van der Waals surface area contributed by atoms with Crippen LogP contribution in [0.3, 0.4) is 0 Å². The minimum atomic E-state index is -0.365. The Balaban J connectivity index is 0.900. The maximum atomic E-state index is 5.15. The predicted molar refractivity (Wildman–Crippen MR) is 256 cm³/mol. The first-order valence-electron chi connectivity index (χ1n) is 21.1. The molecule has 0 unspecified atom stereocenters. The third-order valence-corrected chi connectivity index (χ3v) is 14.1. The van der Waals surface area contributed by atoms with Crippen LogP contribution in [0.25, 0.3) is 98.8 Å². The molecule has 0 N–H and O–H groups in total. The van der Waals surface area contributed by atoms with E-state index in [1.807, 2.05) is 29.5 Å². The fourth-order valence-electron chi connectivity index (χ4n) is 10.3. The largest absolute Gasteiger partial charge is 0.208 e. The third-order valence-electron chi connectivity index (χ3n) is 13.0. The van der Waals surface area contributed by atoms with Crippen molar-refractivity contribution in [2.24, 2.45) is 0 Å². The summed E-state index contributed by atoms with van der Waals surface area (Å²) in [5, 5.41) is 2.47. The second kappa shape index (κ2) is 13.6. The lowest BCUT2D eigenvalue weighted by atomic mass is 9.70.